The first-order valence-corrected chi connectivity index (χ1v) is 11.2. The van der Waals surface area contributed by atoms with Crippen molar-refractivity contribution in [2.75, 3.05) is 6.54 Å². The molecule has 0 saturated carbocycles. The van der Waals surface area contributed by atoms with E-state index in [1.807, 2.05) is 0 Å². The van der Waals surface area contributed by atoms with Gasteiger partial charge in [0.05, 0.1) is 0 Å². The second-order valence-corrected chi connectivity index (χ2v) is 8.13. The van der Waals surface area contributed by atoms with Gasteiger partial charge in [0.25, 0.3) is 5.91 Å². The van der Waals surface area contributed by atoms with Gasteiger partial charge in [-0.25, -0.2) is 8.78 Å². The molecule has 0 aliphatic heterocycles. The van der Waals surface area contributed by atoms with Crippen LogP contribution in [-0.4, -0.2) is 23.5 Å². The average molecular weight is 467 g/mol. The minimum absolute atomic E-state index is 0.0892. The Morgan fingerprint density at radius 2 is 1.32 bits per heavy atom. The summed E-state index contributed by atoms with van der Waals surface area (Å²) in [6.07, 6.45) is 3.59. The number of carbonyl (C=O) groups is 2. The monoisotopic (exact) mass is 466 g/mol. The average Bonchev–Trinajstić information content (AvgIpc) is 2.83. The van der Waals surface area contributed by atoms with Crippen molar-refractivity contribution in [2.24, 2.45) is 5.73 Å². The van der Waals surface area contributed by atoms with Crippen molar-refractivity contribution in [3.8, 4) is 0 Å². The highest BCUT2D eigenvalue weighted by atomic mass is 19.1. The lowest BCUT2D eigenvalue weighted by Crippen LogP contribution is -2.31. The Kier molecular flexibility index (Phi) is 8.49. The smallest absolute Gasteiger partial charge is 0.251 e. The summed E-state index contributed by atoms with van der Waals surface area (Å²) in [6.45, 7) is 0.478. The van der Waals surface area contributed by atoms with Crippen molar-refractivity contribution in [2.45, 2.75) is 37.7 Å². The van der Waals surface area contributed by atoms with Gasteiger partial charge in [0.1, 0.15) is 17.2 Å². The number of carbonyl (C=O) groups excluding carboxylic acids is 2. The van der Waals surface area contributed by atoms with E-state index >= 15 is 0 Å². The summed E-state index contributed by atoms with van der Waals surface area (Å²) in [7, 11) is 0. The van der Waals surface area contributed by atoms with Crippen LogP contribution in [-0.2, 0) is 10.4 Å². The highest BCUT2D eigenvalue weighted by molar-refractivity contribution is 5.94. The van der Waals surface area contributed by atoms with Gasteiger partial charge in [-0.2, -0.15) is 0 Å². The van der Waals surface area contributed by atoms with Crippen molar-refractivity contribution in [3.63, 3.8) is 0 Å². The Balaban J connectivity index is 1.75. The minimum Gasteiger partial charge on any atom is -0.376 e. The van der Waals surface area contributed by atoms with E-state index in [-0.39, 0.29) is 28.5 Å². The highest BCUT2D eigenvalue weighted by Gasteiger charge is 2.38. The second-order valence-electron chi connectivity index (χ2n) is 8.13. The predicted molar refractivity (Wildman–Crippen MR) is 126 cm³/mol. The molecular weight excluding hydrogens is 438 g/mol. The first-order valence-electron chi connectivity index (χ1n) is 11.2. The molecule has 34 heavy (non-hydrogen) atoms. The molecule has 0 radical (unpaired) electrons. The van der Waals surface area contributed by atoms with E-state index < -0.39 is 17.2 Å². The molecule has 0 aliphatic carbocycles. The van der Waals surface area contributed by atoms with Crippen molar-refractivity contribution in [1.29, 1.82) is 0 Å². The Hall–Kier alpha value is -3.58. The van der Waals surface area contributed by atoms with E-state index in [0.717, 1.165) is 25.7 Å². The lowest BCUT2D eigenvalue weighted by atomic mass is 9.79. The molecule has 0 fully saturated rings. The molecule has 0 aromatic heterocycles. The van der Waals surface area contributed by atoms with Crippen LogP contribution in [0.3, 0.4) is 0 Å². The molecule has 5 nitrogen and oxygen atoms in total. The van der Waals surface area contributed by atoms with E-state index in [2.05, 4.69) is 5.32 Å². The molecule has 0 aliphatic rings. The zero-order valence-electron chi connectivity index (χ0n) is 18.8. The standard InChI is InChI=1S/C27H28F2N2O3/c28-23-11-6-4-9-21(23)27(34,22-10-5-7-12-24(22)29)20-16-14-19(15-17-20)26(33)31-18-8-2-1-3-13-25(30)32/h4-7,9-12,14-17,34H,1-3,8,13,18H2,(H2,30,32)(H,31,33). The number of halogens is 2. The molecule has 2 amide bonds. The summed E-state index contributed by atoms with van der Waals surface area (Å²) in [5.41, 5.74) is 3.43. The quantitative estimate of drug-likeness (QED) is 0.289. The number of nitrogens with one attached hydrogen (secondary N) is 1. The van der Waals surface area contributed by atoms with Gasteiger partial charge in [0.2, 0.25) is 5.91 Å². The van der Waals surface area contributed by atoms with Crippen LogP contribution in [0.5, 0.6) is 0 Å². The molecule has 0 bridgehead atoms. The summed E-state index contributed by atoms with van der Waals surface area (Å²) < 4.78 is 29.4. The van der Waals surface area contributed by atoms with E-state index in [1.165, 1.54) is 60.7 Å². The third-order valence-electron chi connectivity index (χ3n) is 5.73. The van der Waals surface area contributed by atoms with Crippen LogP contribution >= 0.6 is 0 Å². The second kappa shape index (κ2) is 11.5. The van der Waals surface area contributed by atoms with Crippen molar-refractivity contribution < 1.29 is 23.5 Å². The number of aliphatic hydroxyl groups is 1. The van der Waals surface area contributed by atoms with Gasteiger partial charge in [-0.15, -0.1) is 0 Å². The van der Waals surface area contributed by atoms with Gasteiger partial charge in [-0.3, -0.25) is 9.59 Å². The van der Waals surface area contributed by atoms with E-state index in [9.17, 15) is 23.5 Å². The topological polar surface area (TPSA) is 92.4 Å². The number of hydrogen-bond acceptors (Lipinski definition) is 3. The normalized spacial score (nSPS) is 11.3. The third kappa shape index (κ3) is 5.85. The van der Waals surface area contributed by atoms with Crippen LogP contribution in [0.25, 0.3) is 0 Å². The summed E-state index contributed by atoms with van der Waals surface area (Å²) in [5, 5.41) is 14.5. The molecule has 7 heteroatoms. The summed E-state index contributed by atoms with van der Waals surface area (Å²) in [6, 6.07) is 17.4. The van der Waals surface area contributed by atoms with Crippen molar-refractivity contribution in [3.05, 3.63) is 107 Å². The number of hydrogen-bond donors (Lipinski definition) is 3. The highest BCUT2D eigenvalue weighted by Crippen LogP contribution is 2.39. The fourth-order valence-corrected chi connectivity index (χ4v) is 3.91. The first-order chi connectivity index (χ1) is 16.3. The largest absolute Gasteiger partial charge is 0.376 e. The Morgan fingerprint density at radius 1 is 0.794 bits per heavy atom. The maximum Gasteiger partial charge on any atom is 0.251 e. The van der Waals surface area contributed by atoms with Crippen LogP contribution in [0.4, 0.5) is 8.78 Å². The summed E-state index contributed by atoms with van der Waals surface area (Å²) in [5.74, 6) is -1.95. The maximum atomic E-state index is 14.7. The fraction of sp³-hybridized carbons (Fsp3) is 0.259. The van der Waals surface area contributed by atoms with Crippen LogP contribution < -0.4 is 11.1 Å². The fourth-order valence-electron chi connectivity index (χ4n) is 3.91. The molecule has 0 unspecified atom stereocenters. The molecule has 0 spiro atoms. The lowest BCUT2D eigenvalue weighted by molar-refractivity contribution is -0.118. The van der Waals surface area contributed by atoms with Gasteiger partial charge < -0.3 is 16.2 Å². The van der Waals surface area contributed by atoms with Crippen molar-refractivity contribution >= 4 is 11.8 Å². The molecule has 4 N–H and O–H groups in total. The number of nitrogens with two attached hydrogens (primary N) is 1. The first kappa shape index (κ1) is 25.1. The summed E-state index contributed by atoms with van der Waals surface area (Å²) >= 11 is 0. The predicted octanol–water partition coefficient (Wildman–Crippen LogP) is 4.41. The van der Waals surface area contributed by atoms with Gasteiger partial charge in [0.15, 0.2) is 0 Å². The lowest BCUT2D eigenvalue weighted by Gasteiger charge is -2.30. The molecule has 3 aromatic carbocycles. The molecule has 3 aromatic rings. The number of rotatable bonds is 11. The molecule has 0 heterocycles. The van der Waals surface area contributed by atoms with Gasteiger partial charge in [0, 0.05) is 29.7 Å². The number of benzene rings is 3. The Morgan fingerprint density at radius 3 is 1.85 bits per heavy atom. The maximum absolute atomic E-state index is 14.7. The zero-order valence-corrected chi connectivity index (χ0v) is 18.8. The SMILES string of the molecule is NC(=O)CCCCCCNC(=O)c1ccc(C(O)(c2ccccc2F)c2ccccc2F)cc1. The number of primary amides is 1. The van der Waals surface area contributed by atoms with E-state index in [4.69, 9.17) is 5.73 Å². The molecular formula is C27H28F2N2O3. The van der Waals surface area contributed by atoms with Gasteiger partial charge in [-0.1, -0.05) is 61.4 Å². The Labute approximate surface area is 197 Å². The van der Waals surface area contributed by atoms with E-state index in [0.29, 0.717) is 18.5 Å². The van der Waals surface area contributed by atoms with Gasteiger partial charge >= 0.3 is 0 Å². The van der Waals surface area contributed by atoms with E-state index in [1.54, 1.807) is 12.1 Å². The molecule has 3 rings (SSSR count). The van der Waals surface area contributed by atoms with Crippen LogP contribution in [0.1, 0.15) is 59.2 Å². The summed E-state index contributed by atoms with van der Waals surface area (Å²) in [4.78, 5) is 23.2. The molecule has 178 valence electrons. The van der Waals surface area contributed by atoms with Crippen LogP contribution in [0.15, 0.2) is 72.8 Å². The third-order valence-corrected chi connectivity index (χ3v) is 5.73. The van der Waals surface area contributed by atoms with Gasteiger partial charge in [-0.05, 0) is 42.7 Å². The minimum atomic E-state index is -2.09. The van der Waals surface area contributed by atoms with Crippen LogP contribution in [0.2, 0.25) is 0 Å². The number of amides is 2. The van der Waals surface area contributed by atoms with Crippen molar-refractivity contribution in [1.82, 2.24) is 5.32 Å². The zero-order chi connectivity index (χ0) is 24.6. The molecule has 0 atom stereocenters. The molecule has 0 saturated heterocycles. The van der Waals surface area contributed by atoms with Crippen LogP contribution in [0, 0.1) is 11.6 Å². The number of unbranched alkanes of at least 4 members (excludes halogenated alkanes) is 3. The Bertz CT molecular complexity index is 1090.